The molecule has 3 rings (SSSR count). The molecule has 0 aliphatic heterocycles. The topological polar surface area (TPSA) is 105 Å². The highest BCUT2D eigenvalue weighted by Gasteiger charge is 2.25. The summed E-state index contributed by atoms with van der Waals surface area (Å²) in [6.07, 6.45) is 0. The van der Waals surface area contributed by atoms with Gasteiger partial charge in [0, 0.05) is 22.7 Å². The lowest BCUT2D eigenvalue weighted by atomic mass is 10.2. The van der Waals surface area contributed by atoms with Gasteiger partial charge in [-0.3, -0.25) is 10.1 Å². The Morgan fingerprint density at radius 2 is 1.93 bits per heavy atom. The number of hydrogen-bond acceptors (Lipinski definition) is 8. The van der Waals surface area contributed by atoms with Crippen molar-refractivity contribution in [3.63, 3.8) is 0 Å². The number of nitriles is 1. The maximum Gasteiger partial charge on any atom is 0.350 e. The summed E-state index contributed by atoms with van der Waals surface area (Å²) in [6, 6.07) is 17.4. The van der Waals surface area contributed by atoms with E-state index in [1.165, 1.54) is 47.4 Å². The van der Waals surface area contributed by atoms with Crippen molar-refractivity contribution < 1.29 is 14.5 Å². The molecular weight excluding hydrogens is 410 g/mol. The molecule has 1 heterocycles. The Bertz CT molecular complexity index is 1070. The standard InChI is InChI=1S/C20H15N3O4S2/c1-2-27-19(24)18-17(22-13-8-10-14(11-9-13)23(25)26)16(12-21)20(29-18)28-15-6-4-3-5-7-15/h3-11,22H,2H2,1H3. The van der Waals surface area contributed by atoms with Crippen LogP contribution in [0.15, 0.2) is 63.7 Å². The highest BCUT2D eigenvalue weighted by Crippen LogP contribution is 2.43. The van der Waals surface area contributed by atoms with Crippen LogP contribution in [0.25, 0.3) is 0 Å². The fourth-order valence-electron chi connectivity index (χ4n) is 2.45. The highest BCUT2D eigenvalue weighted by atomic mass is 32.2. The van der Waals surface area contributed by atoms with Crippen molar-refractivity contribution in [2.24, 2.45) is 0 Å². The molecule has 0 fully saturated rings. The quantitative estimate of drug-likeness (QED) is 0.298. The van der Waals surface area contributed by atoms with Gasteiger partial charge in [-0.15, -0.1) is 11.3 Å². The minimum atomic E-state index is -0.529. The normalized spacial score (nSPS) is 10.2. The van der Waals surface area contributed by atoms with Crippen molar-refractivity contribution in [3.8, 4) is 6.07 Å². The van der Waals surface area contributed by atoms with Crippen molar-refractivity contribution in [1.82, 2.24) is 0 Å². The lowest BCUT2D eigenvalue weighted by Crippen LogP contribution is -2.05. The number of non-ortho nitro benzene ring substituents is 1. The summed E-state index contributed by atoms with van der Waals surface area (Å²) in [7, 11) is 0. The summed E-state index contributed by atoms with van der Waals surface area (Å²) < 4.78 is 5.80. The van der Waals surface area contributed by atoms with Gasteiger partial charge >= 0.3 is 5.97 Å². The first-order valence-electron chi connectivity index (χ1n) is 8.51. The molecule has 3 aromatic rings. The third-order valence-corrected chi connectivity index (χ3v) is 6.11. The van der Waals surface area contributed by atoms with Crippen LogP contribution in [-0.4, -0.2) is 17.5 Å². The minimum absolute atomic E-state index is 0.0488. The zero-order chi connectivity index (χ0) is 20.8. The van der Waals surface area contributed by atoms with Gasteiger partial charge in [-0.25, -0.2) is 4.79 Å². The molecule has 0 amide bonds. The smallest absolute Gasteiger partial charge is 0.350 e. The molecule has 146 valence electrons. The molecule has 29 heavy (non-hydrogen) atoms. The summed E-state index contributed by atoms with van der Waals surface area (Å²) in [4.78, 5) is 24.0. The average Bonchev–Trinajstić information content (AvgIpc) is 3.06. The Hall–Kier alpha value is -3.35. The van der Waals surface area contributed by atoms with Crippen LogP contribution in [0.2, 0.25) is 0 Å². The Morgan fingerprint density at radius 3 is 2.52 bits per heavy atom. The molecule has 7 nitrogen and oxygen atoms in total. The van der Waals surface area contributed by atoms with Crippen LogP contribution in [-0.2, 0) is 4.74 Å². The number of anilines is 2. The summed E-state index contributed by atoms with van der Waals surface area (Å²) in [5.41, 5.74) is 1.13. The number of nitrogens with one attached hydrogen (secondary N) is 1. The predicted molar refractivity (Wildman–Crippen MR) is 112 cm³/mol. The number of benzene rings is 2. The molecule has 0 saturated carbocycles. The van der Waals surface area contributed by atoms with Gasteiger partial charge in [-0.05, 0) is 31.2 Å². The van der Waals surface area contributed by atoms with Gasteiger partial charge in [-0.1, -0.05) is 30.0 Å². The molecule has 0 aliphatic rings. The number of esters is 1. The molecule has 0 spiro atoms. The monoisotopic (exact) mass is 425 g/mol. The van der Waals surface area contributed by atoms with E-state index in [0.717, 1.165) is 4.90 Å². The number of thiophene rings is 1. The summed E-state index contributed by atoms with van der Waals surface area (Å²) >= 11 is 2.56. The molecule has 1 N–H and O–H groups in total. The van der Waals surface area contributed by atoms with Crippen molar-refractivity contribution in [2.75, 3.05) is 11.9 Å². The number of nitro benzene ring substituents is 1. The summed E-state index contributed by atoms with van der Waals surface area (Å²) in [6.45, 7) is 1.91. The molecule has 9 heteroatoms. The second-order valence-corrected chi connectivity index (χ2v) is 8.01. The van der Waals surface area contributed by atoms with Gasteiger partial charge < -0.3 is 10.1 Å². The van der Waals surface area contributed by atoms with E-state index < -0.39 is 10.9 Å². The molecule has 0 aliphatic carbocycles. The predicted octanol–water partition coefficient (Wildman–Crippen LogP) is 5.60. The van der Waals surface area contributed by atoms with Crippen LogP contribution in [0.5, 0.6) is 0 Å². The molecule has 0 radical (unpaired) electrons. The van der Waals surface area contributed by atoms with Crippen LogP contribution in [0.1, 0.15) is 22.2 Å². The van der Waals surface area contributed by atoms with E-state index in [1.54, 1.807) is 6.92 Å². The zero-order valence-corrected chi connectivity index (χ0v) is 16.9. The number of carbonyl (C=O) groups excluding carboxylic acids is 1. The van der Waals surface area contributed by atoms with Crippen LogP contribution in [0.3, 0.4) is 0 Å². The van der Waals surface area contributed by atoms with Gasteiger partial charge in [0.25, 0.3) is 5.69 Å². The first-order valence-corrected chi connectivity index (χ1v) is 10.1. The van der Waals surface area contributed by atoms with Crippen molar-refractivity contribution in [3.05, 3.63) is 75.2 Å². The lowest BCUT2D eigenvalue weighted by Gasteiger charge is -2.08. The Labute approximate surface area is 175 Å². The first-order chi connectivity index (χ1) is 14.0. The second-order valence-electron chi connectivity index (χ2n) is 5.65. The summed E-state index contributed by atoms with van der Waals surface area (Å²) in [5.74, 6) is -0.529. The van der Waals surface area contributed by atoms with Crippen LogP contribution >= 0.6 is 23.1 Å². The number of hydrogen-bond donors (Lipinski definition) is 1. The van der Waals surface area contributed by atoms with E-state index in [1.807, 2.05) is 30.3 Å². The average molecular weight is 425 g/mol. The first kappa shape index (κ1) is 20.4. The van der Waals surface area contributed by atoms with E-state index in [2.05, 4.69) is 11.4 Å². The fraction of sp³-hybridized carbons (Fsp3) is 0.100. The maximum atomic E-state index is 12.5. The molecule has 0 saturated heterocycles. The number of rotatable bonds is 7. The van der Waals surface area contributed by atoms with Crippen molar-refractivity contribution in [1.29, 1.82) is 5.26 Å². The van der Waals surface area contributed by atoms with Crippen LogP contribution < -0.4 is 5.32 Å². The van der Waals surface area contributed by atoms with Gasteiger partial charge in [0.2, 0.25) is 0 Å². The van der Waals surface area contributed by atoms with Gasteiger partial charge in [0.15, 0.2) is 0 Å². The largest absolute Gasteiger partial charge is 0.462 e. The molecule has 1 aromatic heterocycles. The number of carbonyl (C=O) groups is 1. The fourth-order valence-corrected chi connectivity index (χ4v) is 4.74. The lowest BCUT2D eigenvalue weighted by molar-refractivity contribution is -0.384. The molecule has 0 unspecified atom stereocenters. The Morgan fingerprint density at radius 1 is 1.24 bits per heavy atom. The third kappa shape index (κ3) is 4.74. The molecule has 0 bridgehead atoms. The molecule has 0 atom stereocenters. The molecular formula is C20H15N3O4S2. The number of nitrogens with zero attached hydrogens (tertiary/aromatic N) is 2. The van der Waals surface area contributed by atoms with Crippen molar-refractivity contribution >= 4 is 46.1 Å². The SMILES string of the molecule is CCOC(=O)c1sc(Sc2ccccc2)c(C#N)c1Nc1ccc([N+](=O)[O-])cc1. The van der Waals surface area contributed by atoms with E-state index >= 15 is 0 Å². The van der Waals surface area contributed by atoms with Crippen LogP contribution in [0, 0.1) is 21.4 Å². The Balaban J connectivity index is 2.01. The van der Waals surface area contributed by atoms with Gasteiger partial charge in [0.05, 0.1) is 21.4 Å². The van der Waals surface area contributed by atoms with Crippen molar-refractivity contribution in [2.45, 2.75) is 16.0 Å². The molecule has 2 aromatic carbocycles. The van der Waals surface area contributed by atoms with E-state index in [4.69, 9.17) is 4.74 Å². The van der Waals surface area contributed by atoms with Gasteiger partial charge in [-0.2, -0.15) is 5.26 Å². The number of ether oxygens (including phenoxy) is 1. The Kier molecular flexibility index (Phi) is 6.49. The second kappa shape index (κ2) is 9.23. The van der Waals surface area contributed by atoms with E-state index in [9.17, 15) is 20.2 Å². The third-order valence-electron chi connectivity index (χ3n) is 3.75. The minimum Gasteiger partial charge on any atom is -0.462 e. The van der Waals surface area contributed by atoms with Gasteiger partial charge in [0.1, 0.15) is 16.5 Å². The highest BCUT2D eigenvalue weighted by molar-refractivity contribution is 8.01. The zero-order valence-electron chi connectivity index (χ0n) is 15.2. The van der Waals surface area contributed by atoms with E-state index in [-0.39, 0.29) is 17.2 Å². The van der Waals surface area contributed by atoms with E-state index in [0.29, 0.717) is 21.1 Å². The number of nitro groups is 1. The summed E-state index contributed by atoms with van der Waals surface area (Å²) in [5, 5.41) is 23.7. The maximum absolute atomic E-state index is 12.5. The van der Waals surface area contributed by atoms with Crippen LogP contribution in [0.4, 0.5) is 17.1 Å².